The molecule has 6 heteroatoms. The molecule has 0 aromatic heterocycles. The molecule has 1 heterocycles. The smallest absolute Gasteiger partial charge is 0.243 e. The molecule has 5 nitrogen and oxygen atoms in total. The number of rotatable bonds is 6. The summed E-state index contributed by atoms with van der Waals surface area (Å²) in [5, 5.41) is 3.24. The Balaban J connectivity index is 1.89. The lowest BCUT2D eigenvalue weighted by Crippen LogP contribution is -2.35. The van der Waals surface area contributed by atoms with Gasteiger partial charge in [-0.05, 0) is 36.1 Å². The van der Waals surface area contributed by atoms with Gasteiger partial charge in [0.1, 0.15) is 0 Å². The van der Waals surface area contributed by atoms with Crippen molar-refractivity contribution >= 4 is 10.0 Å². The Hall–Kier alpha value is -0.950. The normalized spacial score (nSPS) is 18.5. The van der Waals surface area contributed by atoms with Gasteiger partial charge in [0, 0.05) is 32.8 Å². The summed E-state index contributed by atoms with van der Waals surface area (Å²) in [4.78, 5) is 0.406. The average molecular weight is 296 g/mol. The van der Waals surface area contributed by atoms with Crippen molar-refractivity contribution < 1.29 is 13.2 Å². The van der Waals surface area contributed by atoms with Crippen molar-refractivity contribution in [1.82, 2.24) is 9.62 Å². The Labute approximate surface area is 120 Å². The molecule has 0 spiro atoms. The van der Waals surface area contributed by atoms with Gasteiger partial charge in [-0.15, -0.1) is 0 Å². The zero-order valence-corrected chi connectivity index (χ0v) is 12.4. The Kier molecular flexibility index (Phi) is 3.81. The number of nitrogens with zero attached hydrogens (tertiary/aromatic N) is 1. The number of ether oxygens (including phenoxy) is 1. The fourth-order valence-electron chi connectivity index (χ4n) is 2.61. The Bertz CT molecular complexity index is 596. The van der Waals surface area contributed by atoms with Crippen LogP contribution in [0.25, 0.3) is 0 Å². The van der Waals surface area contributed by atoms with Crippen LogP contribution < -0.4 is 5.32 Å². The highest BCUT2D eigenvalue weighted by molar-refractivity contribution is 7.89. The topological polar surface area (TPSA) is 58.6 Å². The van der Waals surface area contributed by atoms with Crippen molar-refractivity contribution in [3.05, 3.63) is 29.3 Å². The lowest BCUT2D eigenvalue weighted by Gasteiger charge is -2.21. The van der Waals surface area contributed by atoms with E-state index in [4.69, 9.17) is 4.74 Å². The summed E-state index contributed by atoms with van der Waals surface area (Å²) < 4.78 is 32.2. The summed E-state index contributed by atoms with van der Waals surface area (Å²) in [6, 6.07) is 5.61. The third-order valence-corrected chi connectivity index (χ3v) is 5.83. The molecular formula is C14H20N2O3S. The molecule has 0 saturated heterocycles. The Morgan fingerprint density at radius 2 is 2.05 bits per heavy atom. The molecule has 1 fully saturated rings. The van der Waals surface area contributed by atoms with Gasteiger partial charge in [-0.3, -0.25) is 0 Å². The number of fused-ring (bicyclic) bond motifs is 1. The van der Waals surface area contributed by atoms with E-state index in [-0.39, 0.29) is 6.04 Å². The molecule has 1 saturated carbocycles. The van der Waals surface area contributed by atoms with Gasteiger partial charge >= 0.3 is 0 Å². The van der Waals surface area contributed by atoms with Crippen LogP contribution in [0.4, 0.5) is 0 Å². The largest absolute Gasteiger partial charge is 0.383 e. The zero-order chi connectivity index (χ0) is 14.2. The van der Waals surface area contributed by atoms with Gasteiger partial charge in [-0.2, -0.15) is 4.31 Å². The first-order valence-corrected chi connectivity index (χ1v) is 8.40. The molecule has 2 aliphatic rings. The van der Waals surface area contributed by atoms with Gasteiger partial charge in [-0.1, -0.05) is 6.07 Å². The quantitative estimate of drug-likeness (QED) is 0.854. The summed E-state index contributed by atoms with van der Waals surface area (Å²) in [5.74, 6) is 0. The molecule has 3 rings (SSSR count). The summed E-state index contributed by atoms with van der Waals surface area (Å²) in [6.07, 6.45) is 1.91. The van der Waals surface area contributed by atoms with Crippen LogP contribution in [0.15, 0.2) is 23.1 Å². The second-order valence-corrected chi connectivity index (χ2v) is 7.26. The molecule has 1 N–H and O–H groups in total. The van der Waals surface area contributed by atoms with E-state index in [2.05, 4.69) is 5.32 Å². The molecule has 1 aromatic carbocycles. The van der Waals surface area contributed by atoms with Crippen LogP contribution >= 0.6 is 0 Å². The lowest BCUT2D eigenvalue weighted by atomic mass is 10.1. The maximum Gasteiger partial charge on any atom is 0.243 e. The molecular weight excluding hydrogens is 276 g/mol. The van der Waals surface area contributed by atoms with Crippen LogP contribution in [-0.4, -0.2) is 39.0 Å². The third-order valence-electron chi connectivity index (χ3n) is 3.89. The predicted molar refractivity (Wildman–Crippen MR) is 75.8 cm³/mol. The van der Waals surface area contributed by atoms with E-state index >= 15 is 0 Å². The number of hydrogen-bond donors (Lipinski definition) is 1. The molecule has 0 radical (unpaired) electrons. The fourth-order valence-corrected chi connectivity index (χ4v) is 4.33. The van der Waals surface area contributed by atoms with Gasteiger partial charge in [0.25, 0.3) is 0 Å². The fraction of sp³-hybridized carbons (Fsp3) is 0.571. The number of benzene rings is 1. The molecule has 110 valence electrons. The molecule has 1 aromatic rings. The van der Waals surface area contributed by atoms with E-state index in [1.165, 1.54) is 5.56 Å². The Morgan fingerprint density at radius 3 is 2.75 bits per heavy atom. The highest BCUT2D eigenvalue weighted by atomic mass is 32.2. The number of nitrogens with one attached hydrogen (secondary N) is 1. The van der Waals surface area contributed by atoms with Crippen molar-refractivity contribution in [3.63, 3.8) is 0 Å². The maximum atomic E-state index is 12.8. The average Bonchev–Trinajstić information content (AvgIpc) is 3.15. The summed E-state index contributed by atoms with van der Waals surface area (Å²) in [5.41, 5.74) is 2.28. The van der Waals surface area contributed by atoms with E-state index in [1.807, 2.05) is 12.1 Å². The van der Waals surface area contributed by atoms with Crippen LogP contribution in [0.5, 0.6) is 0 Å². The van der Waals surface area contributed by atoms with Gasteiger partial charge in [0.15, 0.2) is 0 Å². The predicted octanol–water partition coefficient (Wildman–Crippen LogP) is 1.09. The van der Waals surface area contributed by atoms with Crippen LogP contribution in [0.2, 0.25) is 0 Å². The first kappa shape index (κ1) is 14.0. The van der Waals surface area contributed by atoms with Gasteiger partial charge < -0.3 is 10.1 Å². The summed E-state index contributed by atoms with van der Waals surface area (Å²) >= 11 is 0. The highest BCUT2D eigenvalue weighted by Gasteiger charge is 2.38. The van der Waals surface area contributed by atoms with Crippen molar-refractivity contribution in [1.29, 1.82) is 0 Å². The first-order valence-electron chi connectivity index (χ1n) is 6.96. The number of sulfonamides is 1. The molecule has 0 bridgehead atoms. The van der Waals surface area contributed by atoms with E-state index in [1.54, 1.807) is 17.5 Å². The molecule has 20 heavy (non-hydrogen) atoms. The zero-order valence-electron chi connectivity index (χ0n) is 11.6. The monoisotopic (exact) mass is 296 g/mol. The van der Waals surface area contributed by atoms with Crippen molar-refractivity contribution in [2.45, 2.75) is 36.9 Å². The number of hydrogen-bond acceptors (Lipinski definition) is 4. The van der Waals surface area contributed by atoms with Gasteiger partial charge in [0.05, 0.1) is 11.5 Å². The molecule has 0 unspecified atom stereocenters. The second-order valence-electron chi connectivity index (χ2n) is 5.37. The standard InChI is InChI=1S/C14H20N2O3S/c1-19-7-6-16(13-3-4-13)20(17,18)14-5-2-11-9-15-10-12(11)8-14/h2,5,8,13,15H,3-4,6-7,9-10H2,1H3. The highest BCUT2D eigenvalue weighted by Crippen LogP contribution is 2.32. The first-order chi connectivity index (χ1) is 9.63. The van der Waals surface area contributed by atoms with E-state index < -0.39 is 10.0 Å². The Morgan fingerprint density at radius 1 is 1.30 bits per heavy atom. The lowest BCUT2D eigenvalue weighted by molar-refractivity contribution is 0.177. The van der Waals surface area contributed by atoms with Crippen LogP contribution in [0.1, 0.15) is 24.0 Å². The van der Waals surface area contributed by atoms with Crippen molar-refractivity contribution in [2.75, 3.05) is 20.3 Å². The van der Waals surface area contributed by atoms with E-state index in [9.17, 15) is 8.42 Å². The SMILES string of the molecule is COCCN(C1CC1)S(=O)(=O)c1ccc2c(c1)CNC2. The summed E-state index contributed by atoms with van der Waals surface area (Å²) in [7, 11) is -1.81. The van der Waals surface area contributed by atoms with Crippen LogP contribution in [0, 0.1) is 0 Å². The maximum absolute atomic E-state index is 12.8. The van der Waals surface area contributed by atoms with Crippen LogP contribution in [0.3, 0.4) is 0 Å². The number of methoxy groups -OCH3 is 1. The van der Waals surface area contributed by atoms with E-state index in [0.717, 1.165) is 31.5 Å². The van der Waals surface area contributed by atoms with E-state index in [0.29, 0.717) is 18.0 Å². The summed E-state index contributed by atoms with van der Waals surface area (Å²) in [6.45, 7) is 2.44. The minimum Gasteiger partial charge on any atom is -0.383 e. The van der Waals surface area contributed by atoms with Crippen molar-refractivity contribution in [3.8, 4) is 0 Å². The molecule has 1 aliphatic carbocycles. The van der Waals surface area contributed by atoms with Gasteiger partial charge in [0.2, 0.25) is 10.0 Å². The molecule has 0 atom stereocenters. The molecule has 1 aliphatic heterocycles. The van der Waals surface area contributed by atoms with Gasteiger partial charge in [-0.25, -0.2) is 8.42 Å². The molecule has 0 amide bonds. The third kappa shape index (κ3) is 2.61. The van der Waals surface area contributed by atoms with Crippen molar-refractivity contribution in [2.24, 2.45) is 0 Å². The minimum absolute atomic E-state index is 0.154. The second kappa shape index (κ2) is 5.44. The minimum atomic E-state index is -3.41. The van der Waals surface area contributed by atoms with Crippen LogP contribution in [-0.2, 0) is 27.8 Å².